The Morgan fingerprint density at radius 2 is 0.770 bits per heavy atom. The van der Waals surface area contributed by atoms with Crippen LogP contribution < -0.4 is 17.0 Å². The van der Waals surface area contributed by atoms with E-state index in [1.54, 1.807) is 56.7 Å². The molecule has 9 aromatic heterocycles. The Balaban J connectivity index is 0.000000121. The minimum atomic E-state index is -0.979. The summed E-state index contributed by atoms with van der Waals surface area (Å²) in [6.45, 7) is 12.7. The number of benzene rings is 10. The summed E-state index contributed by atoms with van der Waals surface area (Å²) in [4.78, 5) is 45.5. The van der Waals surface area contributed by atoms with Crippen LogP contribution in [0.4, 0.5) is 0 Å². The van der Waals surface area contributed by atoms with E-state index < -0.39 is 11.6 Å². The quantitative estimate of drug-likeness (QED) is 0.0761. The van der Waals surface area contributed by atoms with Gasteiger partial charge in [0.1, 0.15) is 27.6 Å². The summed E-state index contributed by atoms with van der Waals surface area (Å²) in [6.07, 6.45) is 9.89. The fraction of sp³-hybridized carbons (Fsp3) is 0.120. The molecule has 2 aliphatic heterocycles. The van der Waals surface area contributed by atoms with E-state index in [4.69, 9.17) is 14.7 Å². The molecular formula is C100H78Br7MgN9O5. The topological polar surface area (TPSA) is 157 Å². The maximum absolute atomic E-state index is 12.2. The van der Waals surface area contributed by atoms with E-state index >= 15 is 0 Å². The molecule has 0 unspecified atom stereocenters. The first-order chi connectivity index (χ1) is 57.5. The Kier molecular flexibility index (Phi) is 26.2. The third-order valence-electron chi connectivity index (χ3n) is 22.4. The molecular weight excluding hydrogens is 1990 g/mol. The Labute approximate surface area is 783 Å². The zero-order chi connectivity index (χ0) is 82.9. The predicted octanol–water partition coefficient (Wildman–Crippen LogP) is 23.8. The summed E-state index contributed by atoms with van der Waals surface area (Å²) in [5, 5.41) is 20.3. The fourth-order valence-corrected chi connectivity index (χ4v) is 19.7. The number of halogens is 7. The summed E-state index contributed by atoms with van der Waals surface area (Å²) in [6, 6.07) is 89.1. The molecule has 22 heteroatoms. The van der Waals surface area contributed by atoms with Crippen LogP contribution in [0.3, 0.4) is 0 Å². The average Bonchev–Trinajstić information content (AvgIpc) is 1.64. The van der Waals surface area contributed by atoms with Gasteiger partial charge in [-0.25, -0.2) is 34.5 Å². The number of carbonyl (C=O) groups is 2. The summed E-state index contributed by atoms with van der Waals surface area (Å²) in [5.41, 5.74) is 20.6. The monoisotopic (exact) mass is 2060 g/mol. The molecule has 19 aromatic rings. The molecule has 0 saturated heterocycles. The van der Waals surface area contributed by atoms with Gasteiger partial charge in [0.05, 0.1) is 69.5 Å². The molecule has 11 heterocycles. The van der Waals surface area contributed by atoms with E-state index in [1.165, 1.54) is 118 Å². The van der Waals surface area contributed by atoms with Gasteiger partial charge < -0.3 is 39.0 Å². The van der Waals surface area contributed by atoms with Crippen LogP contribution in [0.5, 0.6) is 0 Å². The van der Waals surface area contributed by atoms with Crippen LogP contribution in [0.1, 0.15) is 101 Å². The normalized spacial score (nSPS) is 12.5. The summed E-state index contributed by atoms with van der Waals surface area (Å²) < 4.78 is 24.1. The number of esters is 2. The van der Waals surface area contributed by atoms with Gasteiger partial charge in [0, 0.05) is 130 Å². The molecule has 604 valence electrons. The van der Waals surface area contributed by atoms with Gasteiger partial charge in [-0.15, -0.1) is 0 Å². The van der Waals surface area contributed by atoms with Crippen molar-refractivity contribution in [1.82, 2.24) is 43.2 Å². The number of para-hydroxylation sites is 4. The number of fused-ring (bicyclic) bond motifs is 19. The first-order valence-corrected chi connectivity index (χ1v) is 43.2. The van der Waals surface area contributed by atoms with E-state index in [2.05, 4.69) is 327 Å². The van der Waals surface area contributed by atoms with Crippen LogP contribution in [0.25, 0.3) is 122 Å². The zero-order valence-corrected chi connectivity index (χ0v) is 80.4. The number of methoxy groups -OCH3 is 2. The van der Waals surface area contributed by atoms with Crippen molar-refractivity contribution >= 4 is 218 Å². The van der Waals surface area contributed by atoms with Crippen molar-refractivity contribution < 1.29 is 41.2 Å². The fourth-order valence-electron chi connectivity index (χ4n) is 17.0. The molecule has 0 atom stereocenters. The van der Waals surface area contributed by atoms with Gasteiger partial charge in [-0.3, -0.25) is 18.3 Å². The Morgan fingerprint density at radius 3 is 1.34 bits per heavy atom. The van der Waals surface area contributed by atoms with E-state index in [9.17, 15) is 14.7 Å². The van der Waals surface area contributed by atoms with Crippen molar-refractivity contribution in [3.8, 4) is 34.4 Å². The molecule has 122 heavy (non-hydrogen) atoms. The van der Waals surface area contributed by atoms with Crippen LogP contribution in [0.2, 0.25) is 0 Å². The number of nitrogens with zero attached hydrogens (tertiary/aromatic N) is 9. The van der Waals surface area contributed by atoms with Crippen LogP contribution in [-0.2, 0) is 32.3 Å². The number of aromatic nitrogens is 9. The molecule has 0 radical (unpaired) electrons. The van der Waals surface area contributed by atoms with Gasteiger partial charge in [0.2, 0.25) is 0 Å². The first-order valence-electron chi connectivity index (χ1n) is 38.5. The van der Waals surface area contributed by atoms with Crippen molar-refractivity contribution in [3.63, 3.8) is 0 Å². The summed E-state index contributed by atoms with van der Waals surface area (Å²) >= 11 is 21.2. The Bertz CT molecular complexity index is 7280. The van der Waals surface area contributed by atoms with Crippen molar-refractivity contribution in [1.29, 1.82) is 0 Å². The maximum atomic E-state index is 12.2. The summed E-state index contributed by atoms with van der Waals surface area (Å²) in [7, 11) is 2.71. The average molecular weight is 2070 g/mol. The van der Waals surface area contributed by atoms with Gasteiger partial charge >= 0.3 is 35.0 Å². The van der Waals surface area contributed by atoms with Crippen molar-refractivity contribution in [3.05, 3.63) is 376 Å². The minimum absolute atomic E-state index is 0. The predicted molar refractivity (Wildman–Crippen MR) is 514 cm³/mol. The second-order valence-corrected chi connectivity index (χ2v) is 35.9. The molecule has 14 nitrogen and oxygen atoms in total. The van der Waals surface area contributed by atoms with E-state index in [0.717, 1.165) is 80.2 Å². The number of hydrogen-bond donors (Lipinski definition) is 1. The largest absolute Gasteiger partial charge is 2.00 e. The van der Waals surface area contributed by atoms with Crippen molar-refractivity contribution in [2.45, 2.75) is 64.4 Å². The number of ether oxygens (including phenoxy) is 2. The molecule has 10 aromatic carbocycles. The molecule has 3 aliphatic rings. The molecule has 1 N–H and O–H groups in total. The number of hydrogen-bond acceptors (Lipinski definition) is 10. The molecule has 0 amide bonds. The molecule has 1 aliphatic carbocycles. The van der Waals surface area contributed by atoms with E-state index in [0.29, 0.717) is 21.5 Å². The number of aliphatic hydroxyl groups is 1. The molecule has 0 bridgehead atoms. The zero-order valence-electron chi connectivity index (χ0n) is 67.9. The Morgan fingerprint density at radius 1 is 0.377 bits per heavy atom. The number of pyridine rings is 5. The first kappa shape index (κ1) is 88.5. The molecule has 0 spiro atoms. The van der Waals surface area contributed by atoms with Gasteiger partial charge in [0.15, 0.2) is 5.82 Å². The minimum Gasteiger partial charge on any atom is -1.00 e. The van der Waals surface area contributed by atoms with E-state index in [-0.39, 0.29) is 64.3 Å². The molecule has 0 fully saturated rings. The van der Waals surface area contributed by atoms with Crippen LogP contribution in [0.15, 0.2) is 319 Å². The van der Waals surface area contributed by atoms with E-state index in [1.807, 2.05) is 83.7 Å². The standard InChI is InChI=1S/C20H17BrN2O.2C20H15BrN2.C19H13BrN2O2.C13H9Br.C7H6BrNO2.CH3.BrH.Mg/c1-20(2,24)16-7-5-11-22-19(16)23-17-8-4-3-6-14(17)15-10-9-13(21)12-18(15)23;1-20(2)15-6-3-5-14-13-9-8-12(21)11-17(13)23(18(14)15)19-16(20)7-4-10-22-19;1-20(2)14-7-5-11-22-19(14)23-16-8-4-3-6-12(16)13-9-10-15(21)17(20)18(13)23;1-24-19(23)15-6-4-10-21-18(15)22-16-7-3-2-5-13(16)14-9-8-12(20)11-17(14)22;14-11-5-6-13-10(8-11)7-9-3-1-2-4-12(9)13;1-11-7(10)5-3-2-4-9-6(5)8;;;/h3-12,24H,1-2H3;2*3-11H,1-2H3;2-11H,1H3;1-6,8H,7H2;2-4H,1H3;1H3;1H;/q;;;;;;-1;;+2/p-1. The van der Waals surface area contributed by atoms with Crippen molar-refractivity contribution in [2.24, 2.45) is 0 Å². The Hall–Kier alpha value is -9.82. The number of carbonyl (C=O) groups excluding carboxylic acids is 2. The second-order valence-electron chi connectivity index (χ2n) is 30.7. The van der Waals surface area contributed by atoms with Crippen LogP contribution in [0, 0.1) is 7.43 Å². The van der Waals surface area contributed by atoms with Crippen LogP contribution >= 0.6 is 95.6 Å². The third-order valence-corrected chi connectivity index (χ3v) is 25.7. The number of rotatable bonds is 5. The van der Waals surface area contributed by atoms with Gasteiger partial charge in [0.25, 0.3) is 0 Å². The molecule has 22 rings (SSSR count). The molecule has 0 saturated carbocycles. The smallest absolute Gasteiger partial charge is 1.00 e. The summed E-state index contributed by atoms with van der Waals surface area (Å²) in [5.74, 6) is 2.63. The van der Waals surface area contributed by atoms with Gasteiger partial charge in [-0.1, -0.05) is 253 Å². The van der Waals surface area contributed by atoms with Gasteiger partial charge in [-0.05, 0) is 179 Å². The second kappa shape index (κ2) is 36.2. The SMILES string of the molecule is Brc1ccc2c(c1)Cc1ccccc1-2.CC(C)(O)c1cccnc1-n1c2ccccc2c2ccc(Br)cc21.CC1(C)c2cccnc2-n2c3cc(Br)ccc3c3cccc1c32.CC1(C)c2cccnc2-n2c3ccccc3c3ccc(Br)c1c32.COC(=O)c1cccnc1-n1c2ccccc2c2ccc(Br)cc21.COC(=O)c1cccnc1Br.[Br-].[CH3-].[Mg+2]. The van der Waals surface area contributed by atoms with Crippen molar-refractivity contribution in [2.75, 3.05) is 14.2 Å². The maximum Gasteiger partial charge on any atom is 2.00 e. The van der Waals surface area contributed by atoms with Crippen LogP contribution in [-0.4, -0.2) is 97.5 Å². The van der Waals surface area contributed by atoms with Gasteiger partial charge in [-0.2, -0.15) is 0 Å². The third kappa shape index (κ3) is 16.0.